The van der Waals surface area contributed by atoms with Crippen LogP contribution in [0.5, 0.6) is 0 Å². The van der Waals surface area contributed by atoms with Crippen molar-refractivity contribution in [1.29, 1.82) is 0 Å². The van der Waals surface area contributed by atoms with Crippen LogP contribution in [0.25, 0.3) is 0 Å². The Morgan fingerprint density at radius 3 is 2.57 bits per heavy atom. The summed E-state index contributed by atoms with van der Waals surface area (Å²) in [6, 6.07) is 5.04. The van der Waals surface area contributed by atoms with Gasteiger partial charge in [0.25, 0.3) is 0 Å². The Kier molecular flexibility index (Phi) is 6.42. The molecule has 3 nitrogen and oxygen atoms in total. The number of nitrogens with one attached hydrogen (secondary N) is 1. The minimum Gasteiger partial charge on any atom is -0.386 e. The van der Waals surface area contributed by atoms with Crippen molar-refractivity contribution >= 4 is 40.9 Å². The van der Waals surface area contributed by atoms with Gasteiger partial charge in [-0.25, -0.2) is 0 Å². The standard InChI is InChI=1S/C15H17Cl2NO2S/c16-11-2-1-3-12(17)15(11)13(19)9-18-14(20)8-10-4-6-21-7-5-10/h1-3,8,13,19H,4-7,9H2,(H,18,20). The SMILES string of the molecule is O=C(C=C1CCSCC1)NCC(O)c1c(Cl)cccc1Cl. The van der Waals surface area contributed by atoms with Crippen LogP contribution in [0, 0.1) is 0 Å². The van der Waals surface area contributed by atoms with E-state index in [9.17, 15) is 9.90 Å². The number of hydrogen-bond donors (Lipinski definition) is 2. The highest BCUT2D eigenvalue weighted by Gasteiger charge is 2.16. The van der Waals surface area contributed by atoms with E-state index in [4.69, 9.17) is 23.2 Å². The van der Waals surface area contributed by atoms with Gasteiger partial charge in [-0.3, -0.25) is 4.79 Å². The van der Waals surface area contributed by atoms with Crippen molar-refractivity contribution in [3.63, 3.8) is 0 Å². The summed E-state index contributed by atoms with van der Waals surface area (Å²) < 4.78 is 0. The molecule has 1 heterocycles. The molecule has 1 aliphatic rings. The molecule has 1 aromatic rings. The predicted octanol–water partition coefficient (Wildman–Crippen LogP) is 3.60. The molecular formula is C15H17Cl2NO2S. The first-order chi connectivity index (χ1) is 10.1. The molecule has 114 valence electrons. The first-order valence-electron chi connectivity index (χ1n) is 6.75. The van der Waals surface area contributed by atoms with Crippen LogP contribution >= 0.6 is 35.0 Å². The van der Waals surface area contributed by atoms with Crippen molar-refractivity contribution in [3.05, 3.63) is 45.5 Å². The summed E-state index contributed by atoms with van der Waals surface area (Å²) in [5.74, 6) is 1.95. The third-order valence-corrected chi connectivity index (χ3v) is 4.92. The number of rotatable bonds is 4. The lowest BCUT2D eigenvalue weighted by molar-refractivity contribution is -0.117. The molecule has 21 heavy (non-hydrogen) atoms. The molecule has 1 aliphatic heterocycles. The second kappa shape index (κ2) is 8.08. The number of halogens is 2. The Morgan fingerprint density at radius 1 is 1.33 bits per heavy atom. The lowest BCUT2D eigenvalue weighted by Gasteiger charge is -2.16. The Hall–Kier alpha value is -0.680. The smallest absolute Gasteiger partial charge is 0.244 e. The van der Waals surface area contributed by atoms with E-state index in [0.717, 1.165) is 29.9 Å². The second-order valence-electron chi connectivity index (χ2n) is 4.81. The van der Waals surface area contributed by atoms with Gasteiger partial charge in [-0.05, 0) is 36.5 Å². The zero-order chi connectivity index (χ0) is 15.2. The van der Waals surface area contributed by atoms with Gasteiger partial charge in [-0.15, -0.1) is 0 Å². The third-order valence-electron chi connectivity index (χ3n) is 3.27. The number of carbonyl (C=O) groups is 1. The van der Waals surface area contributed by atoms with Crippen molar-refractivity contribution in [2.75, 3.05) is 18.1 Å². The van der Waals surface area contributed by atoms with Crippen molar-refractivity contribution in [2.45, 2.75) is 18.9 Å². The van der Waals surface area contributed by atoms with Crippen LogP contribution in [-0.4, -0.2) is 29.1 Å². The van der Waals surface area contributed by atoms with Gasteiger partial charge in [0.15, 0.2) is 0 Å². The maximum absolute atomic E-state index is 11.8. The van der Waals surface area contributed by atoms with Crippen LogP contribution in [-0.2, 0) is 4.79 Å². The zero-order valence-corrected chi connectivity index (χ0v) is 13.8. The van der Waals surface area contributed by atoms with E-state index >= 15 is 0 Å². The second-order valence-corrected chi connectivity index (χ2v) is 6.85. The molecule has 1 unspecified atom stereocenters. The molecule has 1 fully saturated rings. The van der Waals surface area contributed by atoms with Gasteiger partial charge in [0.05, 0.1) is 6.10 Å². The molecule has 0 radical (unpaired) electrons. The maximum atomic E-state index is 11.8. The van der Waals surface area contributed by atoms with Gasteiger partial charge in [-0.1, -0.05) is 34.8 Å². The van der Waals surface area contributed by atoms with Crippen molar-refractivity contribution < 1.29 is 9.90 Å². The Bertz CT molecular complexity index is 520. The molecule has 1 saturated heterocycles. The number of benzene rings is 1. The van der Waals surface area contributed by atoms with Gasteiger partial charge in [0, 0.05) is 28.2 Å². The lowest BCUT2D eigenvalue weighted by atomic mass is 10.1. The highest BCUT2D eigenvalue weighted by atomic mass is 35.5. The minimum atomic E-state index is -0.921. The van der Waals surface area contributed by atoms with E-state index in [-0.39, 0.29) is 12.5 Å². The summed E-state index contributed by atoms with van der Waals surface area (Å²) in [7, 11) is 0. The van der Waals surface area contributed by atoms with Crippen molar-refractivity contribution in [2.24, 2.45) is 0 Å². The lowest BCUT2D eigenvalue weighted by Crippen LogP contribution is -2.27. The first kappa shape index (κ1) is 16.7. The van der Waals surface area contributed by atoms with E-state index in [1.165, 1.54) is 0 Å². The molecule has 0 saturated carbocycles. The van der Waals surface area contributed by atoms with E-state index in [0.29, 0.717) is 15.6 Å². The molecule has 2 N–H and O–H groups in total. The monoisotopic (exact) mass is 345 g/mol. The Balaban J connectivity index is 1.91. The Morgan fingerprint density at radius 2 is 1.95 bits per heavy atom. The molecule has 2 rings (SSSR count). The minimum absolute atomic E-state index is 0.0841. The molecule has 0 bridgehead atoms. The summed E-state index contributed by atoms with van der Waals surface area (Å²) in [6.45, 7) is 0.0841. The molecule has 0 spiro atoms. The number of aliphatic hydroxyl groups excluding tert-OH is 1. The van der Waals surface area contributed by atoms with Crippen LogP contribution in [0.4, 0.5) is 0 Å². The van der Waals surface area contributed by atoms with Gasteiger partial charge in [-0.2, -0.15) is 11.8 Å². The number of hydrogen-bond acceptors (Lipinski definition) is 3. The topological polar surface area (TPSA) is 49.3 Å². The van der Waals surface area contributed by atoms with Crippen molar-refractivity contribution in [1.82, 2.24) is 5.32 Å². The molecule has 6 heteroatoms. The molecule has 0 aliphatic carbocycles. The van der Waals surface area contributed by atoms with Gasteiger partial charge < -0.3 is 10.4 Å². The highest BCUT2D eigenvalue weighted by molar-refractivity contribution is 7.99. The van der Waals surface area contributed by atoms with E-state index in [2.05, 4.69) is 5.32 Å². The van der Waals surface area contributed by atoms with Crippen LogP contribution in [0.15, 0.2) is 29.8 Å². The predicted molar refractivity (Wildman–Crippen MR) is 89.1 cm³/mol. The van der Waals surface area contributed by atoms with Crippen LogP contribution in [0.3, 0.4) is 0 Å². The summed E-state index contributed by atoms with van der Waals surface area (Å²) in [5.41, 5.74) is 1.61. The molecule has 1 aromatic carbocycles. The average molecular weight is 346 g/mol. The number of aliphatic hydroxyl groups is 1. The van der Waals surface area contributed by atoms with Crippen LogP contribution in [0.1, 0.15) is 24.5 Å². The molecule has 1 amide bonds. The average Bonchev–Trinajstić information content (AvgIpc) is 2.46. The summed E-state index contributed by atoms with van der Waals surface area (Å²) in [6.07, 6.45) is 2.63. The molecular weight excluding hydrogens is 329 g/mol. The number of amides is 1. The molecule has 0 aromatic heterocycles. The van der Waals surface area contributed by atoms with Crippen LogP contribution in [0.2, 0.25) is 10.0 Å². The van der Waals surface area contributed by atoms with Gasteiger partial charge in [0.1, 0.15) is 0 Å². The van der Waals surface area contributed by atoms with E-state index in [1.54, 1.807) is 24.3 Å². The number of thioether (sulfide) groups is 1. The van der Waals surface area contributed by atoms with E-state index in [1.807, 2.05) is 11.8 Å². The molecule has 1 atom stereocenters. The van der Waals surface area contributed by atoms with Crippen molar-refractivity contribution in [3.8, 4) is 0 Å². The fraction of sp³-hybridized carbons (Fsp3) is 0.400. The quantitative estimate of drug-likeness (QED) is 0.819. The Labute approximate surface area is 138 Å². The summed E-state index contributed by atoms with van der Waals surface area (Å²) in [5, 5.41) is 13.6. The number of carbonyl (C=O) groups excluding carboxylic acids is 1. The highest BCUT2D eigenvalue weighted by Crippen LogP contribution is 2.29. The van der Waals surface area contributed by atoms with E-state index < -0.39 is 6.10 Å². The summed E-state index contributed by atoms with van der Waals surface area (Å²) >= 11 is 14.0. The van der Waals surface area contributed by atoms with Crippen LogP contribution < -0.4 is 5.32 Å². The summed E-state index contributed by atoms with van der Waals surface area (Å²) in [4.78, 5) is 11.8. The number of allylic oxidation sites excluding steroid dienone is 1. The van der Waals surface area contributed by atoms with Gasteiger partial charge >= 0.3 is 0 Å². The van der Waals surface area contributed by atoms with Gasteiger partial charge in [0.2, 0.25) is 5.91 Å². The third kappa shape index (κ3) is 4.92. The maximum Gasteiger partial charge on any atom is 0.244 e. The largest absolute Gasteiger partial charge is 0.386 e. The first-order valence-corrected chi connectivity index (χ1v) is 8.66. The zero-order valence-electron chi connectivity index (χ0n) is 11.4. The fourth-order valence-corrected chi connectivity index (χ4v) is 3.81. The fourth-order valence-electron chi connectivity index (χ4n) is 2.14. The normalized spacial score (nSPS) is 16.4.